The molecule has 5 amide bonds. The Bertz CT molecular complexity index is 1390. The molecule has 0 spiro atoms. The lowest BCUT2D eigenvalue weighted by atomic mass is 10.0. The first-order valence-corrected chi connectivity index (χ1v) is 14.0. The molecule has 0 radical (unpaired) electrons. The summed E-state index contributed by atoms with van der Waals surface area (Å²) in [6, 6.07) is 11.3. The second kappa shape index (κ2) is 13.6. The van der Waals surface area contributed by atoms with Gasteiger partial charge in [0.15, 0.2) is 0 Å². The van der Waals surface area contributed by atoms with Crippen LogP contribution in [0.3, 0.4) is 0 Å². The average Bonchev–Trinajstić information content (AvgIpc) is 3.40. The highest BCUT2D eigenvalue weighted by molar-refractivity contribution is 7.98. The van der Waals surface area contributed by atoms with E-state index in [0.29, 0.717) is 11.4 Å². The standard InChI is InChI=1S/C28H31N7O5S/c1-40-20-8-6-17(7-9-20)12-22(25(29)36)34-26(37)24-14-19(16-35(24)27(38)23-15-30-10-11-31-23)33-28(39)32-18-4-3-5-21(13-18)41-2/h3-11,13,15,19,22,24H,12,14,16H2,1-2H3,(H2,29,36)(H,34,37)(H2,32,33,39)/t19-,22-,24-/m0/s1. The largest absolute Gasteiger partial charge is 0.497 e. The molecule has 13 heteroatoms. The van der Waals surface area contributed by atoms with Crippen molar-refractivity contribution in [1.29, 1.82) is 0 Å². The number of methoxy groups -OCH3 is 1. The number of carbonyl (C=O) groups excluding carboxylic acids is 4. The van der Waals surface area contributed by atoms with Crippen LogP contribution in [0.1, 0.15) is 22.5 Å². The van der Waals surface area contributed by atoms with Crippen molar-refractivity contribution in [2.24, 2.45) is 5.73 Å². The predicted molar refractivity (Wildman–Crippen MR) is 153 cm³/mol. The molecule has 1 fully saturated rings. The molecule has 1 saturated heterocycles. The van der Waals surface area contributed by atoms with Crippen LogP contribution in [0, 0.1) is 0 Å². The highest BCUT2D eigenvalue weighted by Gasteiger charge is 2.41. The quantitative estimate of drug-likeness (QED) is 0.265. The summed E-state index contributed by atoms with van der Waals surface area (Å²) in [5, 5.41) is 8.32. The van der Waals surface area contributed by atoms with Crippen LogP contribution in [0.15, 0.2) is 72.0 Å². The number of anilines is 1. The number of benzene rings is 2. The van der Waals surface area contributed by atoms with E-state index in [-0.39, 0.29) is 25.1 Å². The fraction of sp³-hybridized carbons (Fsp3) is 0.286. The van der Waals surface area contributed by atoms with Gasteiger partial charge in [0.25, 0.3) is 5.91 Å². The first-order chi connectivity index (χ1) is 19.8. The molecule has 0 saturated carbocycles. The van der Waals surface area contributed by atoms with Gasteiger partial charge in [-0.05, 0) is 48.6 Å². The number of rotatable bonds is 10. The number of nitrogens with one attached hydrogen (secondary N) is 3. The maximum Gasteiger partial charge on any atom is 0.319 e. The number of nitrogens with two attached hydrogens (primary N) is 1. The molecule has 4 rings (SSSR count). The molecule has 0 aliphatic carbocycles. The van der Waals surface area contributed by atoms with Crippen LogP contribution in [-0.2, 0) is 16.0 Å². The number of amides is 5. The van der Waals surface area contributed by atoms with Gasteiger partial charge in [-0.1, -0.05) is 18.2 Å². The Morgan fingerprint density at radius 3 is 2.59 bits per heavy atom. The molecule has 1 aliphatic rings. The molecule has 12 nitrogen and oxygen atoms in total. The van der Waals surface area contributed by atoms with Crippen molar-refractivity contribution in [2.75, 3.05) is 25.2 Å². The molecule has 0 unspecified atom stereocenters. The van der Waals surface area contributed by atoms with Crippen LogP contribution in [0.5, 0.6) is 5.75 Å². The van der Waals surface area contributed by atoms with Crippen LogP contribution < -0.4 is 26.4 Å². The van der Waals surface area contributed by atoms with Gasteiger partial charge in [0, 0.05) is 35.9 Å². The monoisotopic (exact) mass is 577 g/mol. The molecule has 1 aliphatic heterocycles. The van der Waals surface area contributed by atoms with Gasteiger partial charge in [-0.3, -0.25) is 19.4 Å². The summed E-state index contributed by atoms with van der Waals surface area (Å²) in [5.74, 6) is -1.17. The van der Waals surface area contributed by atoms with Gasteiger partial charge in [0.05, 0.1) is 19.3 Å². The van der Waals surface area contributed by atoms with E-state index in [4.69, 9.17) is 10.5 Å². The normalized spacial score (nSPS) is 16.9. The number of nitrogens with zero attached hydrogens (tertiary/aromatic N) is 3. The Labute approximate surface area is 241 Å². The number of hydrogen-bond acceptors (Lipinski definition) is 8. The van der Waals surface area contributed by atoms with E-state index in [2.05, 4.69) is 25.9 Å². The summed E-state index contributed by atoms with van der Waals surface area (Å²) in [5.41, 5.74) is 7.03. The highest BCUT2D eigenvalue weighted by atomic mass is 32.2. The van der Waals surface area contributed by atoms with Crippen molar-refractivity contribution in [3.05, 3.63) is 78.4 Å². The fourth-order valence-corrected chi connectivity index (χ4v) is 4.97. The summed E-state index contributed by atoms with van der Waals surface area (Å²) < 4.78 is 5.16. The van der Waals surface area contributed by atoms with Crippen molar-refractivity contribution in [3.63, 3.8) is 0 Å². The molecule has 214 valence electrons. The van der Waals surface area contributed by atoms with Gasteiger partial charge < -0.3 is 31.3 Å². The Balaban J connectivity index is 1.48. The van der Waals surface area contributed by atoms with E-state index in [1.165, 1.54) is 23.5 Å². The van der Waals surface area contributed by atoms with Crippen LogP contribution in [-0.4, -0.2) is 76.7 Å². The van der Waals surface area contributed by atoms with Gasteiger partial charge in [-0.25, -0.2) is 9.78 Å². The molecular formula is C28H31N7O5S. The molecule has 5 N–H and O–H groups in total. The lowest BCUT2D eigenvalue weighted by Gasteiger charge is -2.25. The molecule has 2 aromatic carbocycles. The lowest BCUT2D eigenvalue weighted by Crippen LogP contribution is -2.53. The molecule has 41 heavy (non-hydrogen) atoms. The lowest BCUT2D eigenvalue weighted by molar-refractivity contribution is -0.129. The highest BCUT2D eigenvalue weighted by Crippen LogP contribution is 2.22. The zero-order valence-electron chi connectivity index (χ0n) is 22.6. The van der Waals surface area contributed by atoms with E-state index in [1.807, 2.05) is 24.5 Å². The topological polar surface area (TPSA) is 169 Å². The minimum absolute atomic E-state index is 0.0471. The number of aromatic nitrogens is 2. The van der Waals surface area contributed by atoms with Crippen molar-refractivity contribution < 1.29 is 23.9 Å². The minimum Gasteiger partial charge on any atom is -0.497 e. The van der Waals surface area contributed by atoms with Gasteiger partial charge in [0.1, 0.15) is 23.5 Å². The zero-order chi connectivity index (χ0) is 29.4. The summed E-state index contributed by atoms with van der Waals surface area (Å²) in [4.78, 5) is 62.2. The van der Waals surface area contributed by atoms with Crippen molar-refractivity contribution >= 4 is 41.2 Å². The summed E-state index contributed by atoms with van der Waals surface area (Å²) in [6.45, 7) is 0.0471. The number of thioether (sulfide) groups is 1. The minimum atomic E-state index is -1.02. The van der Waals surface area contributed by atoms with Crippen LogP contribution >= 0.6 is 11.8 Å². The van der Waals surface area contributed by atoms with E-state index in [0.717, 1.165) is 10.5 Å². The van der Waals surface area contributed by atoms with Crippen molar-refractivity contribution in [3.8, 4) is 5.75 Å². The number of carbonyl (C=O) groups is 4. The molecule has 0 bridgehead atoms. The van der Waals surface area contributed by atoms with Crippen LogP contribution in [0.25, 0.3) is 0 Å². The first kappa shape index (κ1) is 29.3. The Morgan fingerprint density at radius 2 is 1.93 bits per heavy atom. The first-order valence-electron chi connectivity index (χ1n) is 12.8. The summed E-state index contributed by atoms with van der Waals surface area (Å²) >= 11 is 1.55. The molecular weight excluding hydrogens is 546 g/mol. The van der Waals surface area contributed by atoms with Gasteiger partial charge in [0.2, 0.25) is 11.8 Å². The zero-order valence-corrected chi connectivity index (χ0v) is 23.4. The number of hydrogen-bond donors (Lipinski definition) is 4. The van der Waals surface area contributed by atoms with Crippen molar-refractivity contribution in [1.82, 2.24) is 25.5 Å². The second-order valence-electron chi connectivity index (χ2n) is 9.34. The molecule has 1 aromatic heterocycles. The maximum atomic E-state index is 13.5. The van der Waals surface area contributed by atoms with Gasteiger partial charge in [-0.2, -0.15) is 0 Å². The number of primary amides is 1. The van der Waals surface area contributed by atoms with E-state index < -0.39 is 41.9 Å². The van der Waals surface area contributed by atoms with Gasteiger partial charge in [-0.15, -0.1) is 11.8 Å². The summed E-state index contributed by atoms with van der Waals surface area (Å²) in [6.07, 6.45) is 6.31. The van der Waals surface area contributed by atoms with E-state index in [9.17, 15) is 19.2 Å². The smallest absolute Gasteiger partial charge is 0.319 e. The van der Waals surface area contributed by atoms with E-state index in [1.54, 1.807) is 49.2 Å². The number of urea groups is 1. The number of likely N-dealkylation sites (tertiary alicyclic amines) is 1. The summed E-state index contributed by atoms with van der Waals surface area (Å²) in [7, 11) is 1.55. The van der Waals surface area contributed by atoms with Crippen LogP contribution in [0.4, 0.5) is 10.5 Å². The van der Waals surface area contributed by atoms with E-state index >= 15 is 0 Å². The van der Waals surface area contributed by atoms with Crippen LogP contribution in [0.2, 0.25) is 0 Å². The molecule has 3 aromatic rings. The Hall–Kier alpha value is -4.65. The number of ether oxygens (including phenoxy) is 1. The third-order valence-electron chi connectivity index (χ3n) is 6.57. The Morgan fingerprint density at radius 1 is 1.15 bits per heavy atom. The van der Waals surface area contributed by atoms with Crippen molar-refractivity contribution in [2.45, 2.75) is 35.9 Å². The third-order valence-corrected chi connectivity index (χ3v) is 7.29. The fourth-order valence-electron chi connectivity index (χ4n) is 4.51. The third kappa shape index (κ3) is 7.72. The Kier molecular flexibility index (Phi) is 9.74. The predicted octanol–water partition coefficient (Wildman–Crippen LogP) is 1.82. The second-order valence-corrected chi connectivity index (χ2v) is 10.2. The average molecular weight is 578 g/mol. The van der Waals surface area contributed by atoms with Gasteiger partial charge >= 0.3 is 6.03 Å². The molecule has 2 heterocycles. The maximum absolute atomic E-state index is 13.5. The molecule has 3 atom stereocenters. The SMILES string of the molecule is COc1ccc(C[C@H](NC(=O)[C@@H]2C[C@H](NC(=O)Nc3cccc(SC)c3)CN2C(=O)c2cnccn2)C(N)=O)cc1.